The Morgan fingerprint density at radius 2 is 1.92 bits per heavy atom. The minimum absolute atomic E-state index is 0.183. The summed E-state index contributed by atoms with van der Waals surface area (Å²) in [6, 6.07) is 10.9. The number of nitrogens with zero attached hydrogens (tertiary/aromatic N) is 3. The van der Waals surface area contributed by atoms with Crippen LogP contribution in [0, 0.1) is 0 Å². The Hall–Kier alpha value is -1.85. The van der Waals surface area contributed by atoms with Gasteiger partial charge in [0.25, 0.3) is 0 Å². The number of rotatable bonds is 5. The number of likely N-dealkylation sites (N-methyl/N-ethyl adjacent to an activating group) is 1. The molecular formula is C20H27N3OS. The van der Waals surface area contributed by atoms with E-state index in [0.29, 0.717) is 19.1 Å². The molecule has 0 N–H and O–H groups in total. The second kappa shape index (κ2) is 7.58. The van der Waals surface area contributed by atoms with Crippen molar-refractivity contribution in [3.8, 4) is 0 Å². The molecule has 1 aromatic carbocycles. The van der Waals surface area contributed by atoms with Gasteiger partial charge >= 0.3 is 0 Å². The van der Waals surface area contributed by atoms with Crippen molar-refractivity contribution in [1.29, 1.82) is 0 Å². The summed E-state index contributed by atoms with van der Waals surface area (Å²) in [5.74, 6) is 0.183. The summed E-state index contributed by atoms with van der Waals surface area (Å²) in [6.45, 7) is 4.31. The van der Waals surface area contributed by atoms with E-state index in [-0.39, 0.29) is 5.91 Å². The molecule has 1 aliphatic heterocycles. The van der Waals surface area contributed by atoms with Crippen molar-refractivity contribution < 1.29 is 4.79 Å². The number of carbonyl (C=O) groups is 1. The standard InChI is InChI=1S/C20H27N3OS/c1-15-18-10-12-25-19(18)9-11-23(15)14-20(24)22(4)13-16-5-7-17(8-6-16)21(2)3/h5-8,10,12,15H,9,11,13-14H2,1-4H3/t15-/m1/s1. The van der Waals surface area contributed by atoms with E-state index in [1.54, 1.807) is 0 Å². The van der Waals surface area contributed by atoms with E-state index in [0.717, 1.165) is 18.5 Å². The molecule has 1 amide bonds. The van der Waals surface area contributed by atoms with Crippen LogP contribution in [0.4, 0.5) is 5.69 Å². The molecule has 134 valence electrons. The maximum absolute atomic E-state index is 12.7. The fraction of sp³-hybridized carbons (Fsp3) is 0.450. The zero-order valence-electron chi connectivity index (χ0n) is 15.5. The Morgan fingerprint density at radius 3 is 2.60 bits per heavy atom. The predicted molar refractivity (Wildman–Crippen MR) is 105 cm³/mol. The highest BCUT2D eigenvalue weighted by molar-refractivity contribution is 7.10. The first-order valence-electron chi connectivity index (χ1n) is 8.76. The molecule has 1 aromatic heterocycles. The molecule has 5 heteroatoms. The van der Waals surface area contributed by atoms with E-state index in [1.807, 2.05) is 37.4 Å². The van der Waals surface area contributed by atoms with Crippen LogP contribution in [0.15, 0.2) is 35.7 Å². The second-order valence-electron chi connectivity index (χ2n) is 7.01. The molecule has 25 heavy (non-hydrogen) atoms. The smallest absolute Gasteiger partial charge is 0.236 e. The van der Waals surface area contributed by atoms with Crippen LogP contribution in [0.3, 0.4) is 0 Å². The highest BCUT2D eigenvalue weighted by Gasteiger charge is 2.26. The summed E-state index contributed by atoms with van der Waals surface area (Å²) in [5, 5.41) is 2.16. The summed E-state index contributed by atoms with van der Waals surface area (Å²) < 4.78 is 0. The van der Waals surface area contributed by atoms with E-state index < -0.39 is 0 Å². The van der Waals surface area contributed by atoms with Gasteiger partial charge in [-0.1, -0.05) is 12.1 Å². The minimum atomic E-state index is 0.183. The van der Waals surface area contributed by atoms with Gasteiger partial charge in [-0.25, -0.2) is 0 Å². The summed E-state index contributed by atoms with van der Waals surface area (Å²) in [6.07, 6.45) is 1.06. The number of hydrogen-bond donors (Lipinski definition) is 0. The molecule has 0 fully saturated rings. The Labute approximate surface area is 154 Å². The summed E-state index contributed by atoms with van der Waals surface area (Å²) in [5.41, 5.74) is 3.73. The zero-order valence-corrected chi connectivity index (χ0v) is 16.3. The van der Waals surface area contributed by atoms with Gasteiger partial charge in [-0.15, -0.1) is 11.3 Å². The number of fused-ring (bicyclic) bond motifs is 1. The number of thiophene rings is 1. The van der Waals surface area contributed by atoms with Gasteiger partial charge in [-0.05, 0) is 48.1 Å². The van der Waals surface area contributed by atoms with Gasteiger partial charge in [0.05, 0.1) is 6.54 Å². The van der Waals surface area contributed by atoms with Gasteiger partial charge in [0, 0.05) is 50.8 Å². The molecule has 0 aliphatic carbocycles. The third kappa shape index (κ3) is 4.05. The lowest BCUT2D eigenvalue weighted by molar-refractivity contribution is -0.132. The zero-order chi connectivity index (χ0) is 18.0. The van der Waals surface area contributed by atoms with Gasteiger partial charge < -0.3 is 9.80 Å². The fourth-order valence-corrected chi connectivity index (χ4v) is 4.30. The molecule has 0 saturated carbocycles. The quantitative estimate of drug-likeness (QED) is 0.821. The van der Waals surface area contributed by atoms with Crippen molar-refractivity contribution >= 4 is 22.9 Å². The Bertz CT molecular complexity index is 723. The van der Waals surface area contributed by atoms with E-state index in [2.05, 4.69) is 52.4 Å². The normalized spacial score (nSPS) is 17.2. The first-order chi connectivity index (χ1) is 12.0. The van der Waals surface area contributed by atoms with Crippen LogP contribution >= 0.6 is 11.3 Å². The van der Waals surface area contributed by atoms with Crippen molar-refractivity contribution in [3.05, 3.63) is 51.7 Å². The molecule has 3 rings (SSSR count). The lowest BCUT2D eigenvalue weighted by atomic mass is 10.0. The number of carbonyl (C=O) groups excluding carboxylic acids is 1. The summed E-state index contributed by atoms with van der Waals surface area (Å²) in [4.78, 5) is 20.3. The Morgan fingerprint density at radius 1 is 1.20 bits per heavy atom. The van der Waals surface area contributed by atoms with Crippen LogP contribution in [-0.4, -0.2) is 49.9 Å². The molecule has 0 spiro atoms. The van der Waals surface area contributed by atoms with Crippen LogP contribution < -0.4 is 4.90 Å². The molecule has 1 aliphatic rings. The first-order valence-corrected chi connectivity index (χ1v) is 9.64. The molecule has 2 aromatic rings. The van der Waals surface area contributed by atoms with Crippen molar-refractivity contribution in [2.24, 2.45) is 0 Å². The molecule has 1 atom stereocenters. The molecule has 0 unspecified atom stereocenters. The minimum Gasteiger partial charge on any atom is -0.378 e. The van der Waals surface area contributed by atoms with Gasteiger partial charge in [0.2, 0.25) is 5.91 Å². The lowest BCUT2D eigenvalue weighted by Crippen LogP contribution is -2.41. The average molecular weight is 358 g/mol. The maximum Gasteiger partial charge on any atom is 0.236 e. The van der Waals surface area contributed by atoms with Crippen molar-refractivity contribution in [2.75, 3.05) is 39.1 Å². The second-order valence-corrected chi connectivity index (χ2v) is 8.01. The van der Waals surface area contributed by atoms with Gasteiger partial charge in [-0.3, -0.25) is 9.69 Å². The monoisotopic (exact) mass is 357 g/mol. The molecule has 0 bridgehead atoms. The van der Waals surface area contributed by atoms with Crippen molar-refractivity contribution in [1.82, 2.24) is 9.80 Å². The lowest BCUT2D eigenvalue weighted by Gasteiger charge is -2.34. The van der Waals surface area contributed by atoms with E-state index in [9.17, 15) is 4.79 Å². The molecular weight excluding hydrogens is 330 g/mol. The van der Waals surface area contributed by atoms with Crippen LogP contribution in [-0.2, 0) is 17.8 Å². The van der Waals surface area contributed by atoms with Gasteiger partial charge in [0.15, 0.2) is 0 Å². The van der Waals surface area contributed by atoms with Crippen LogP contribution in [0.5, 0.6) is 0 Å². The van der Waals surface area contributed by atoms with Crippen molar-refractivity contribution in [2.45, 2.75) is 25.9 Å². The topological polar surface area (TPSA) is 26.8 Å². The Kier molecular flexibility index (Phi) is 5.45. The van der Waals surface area contributed by atoms with Crippen LogP contribution in [0.25, 0.3) is 0 Å². The number of anilines is 1. The van der Waals surface area contributed by atoms with Gasteiger partial charge in [0.1, 0.15) is 0 Å². The summed E-state index contributed by atoms with van der Waals surface area (Å²) >= 11 is 1.84. The number of hydrogen-bond acceptors (Lipinski definition) is 4. The molecule has 4 nitrogen and oxygen atoms in total. The third-order valence-corrected chi connectivity index (χ3v) is 6.04. The van der Waals surface area contributed by atoms with Gasteiger partial charge in [-0.2, -0.15) is 0 Å². The molecule has 2 heterocycles. The fourth-order valence-electron chi connectivity index (χ4n) is 3.33. The first kappa shape index (κ1) is 18.0. The van der Waals surface area contributed by atoms with E-state index >= 15 is 0 Å². The molecule has 0 saturated heterocycles. The average Bonchev–Trinajstić information content (AvgIpc) is 3.07. The summed E-state index contributed by atoms with van der Waals surface area (Å²) in [7, 11) is 5.96. The predicted octanol–water partition coefficient (Wildman–Crippen LogP) is 3.39. The highest BCUT2D eigenvalue weighted by Crippen LogP contribution is 2.32. The van der Waals surface area contributed by atoms with E-state index in [4.69, 9.17) is 0 Å². The van der Waals surface area contributed by atoms with Crippen LogP contribution in [0.2, 0.25) is 0 Å². The largest absolute Gasteiger partial charge is 0.378 e. The number of benzene rings is 1. The third-order valence-electron chi connectivity index (χ3n) is 5.04. The van der Waals surface area contributed by atoms with E-state index in [1.165, 1.54) is 16.1 Å². The maximum atomic E-state index is 12.7. The van der Waals surface area contributed by atoms with Crippen molar-refractivity contribution in [3.63, 3.8) is 0 Å². The number of amides is 1. The molecule has 0 radical (unpaired) electrons. The Balaban J connectivity index is 1.58. The van der Waals surface area contributed by atoms with Crippen LogP contribution in [0.1, 0.15) is 29.0 Å². The highest BCUT2D eigenvalue weighted by atomic mass is 32.1. The SMILES string of the molecule is C[C@@H]1c2ccsc2CCN1CC(=O)N(C)Cc1ccc(N(C)C)cc1.